The fourth-order valence-electron chi connectivity index (χ4n) is 4.96. The van der Waals surface area contributed by atoms with Gasteiger partial charge in [0.2, 0.25) is 5.95 Å². The first-order valence-electron chi connectivity index (χ1n) is 13.3. The van der Waals surface area contributed by atoms with Crippen LogP contribution in [-0.2, 0) is 23.7 Å². The molecule has 5 rings (SSSR count). The number of thioether (sulfide) groups is 1. The number of piperidine rings is 1. The summed E-state index contributed by atoms with van der Waals surface area (Å²) in [5.74, 6) is 0.399. The SMILES string of the molecule is O=C1NC(=O)C(=Cc2ccnc(N3CCC(CNCc4cccc(-c5ccc(C(F)(F)F)cc5C(F)(F)F)c4)CC3)n2)S1. The Bertz CT molecular complexity index is 1550. The quantitative estimate of drug-likeness (QED) is 0.230. The van der Waals surface area contributed by atoms with Crippen molar-refractivity contribution in [2.75, 3.05) is 24.5 Å². The Morgan fingerprint density at radius 2 is 1.77 bits per heavy atom. The summed E-state index contributed by atoms with van der Waals surface area (Å²) in [6.45, 7) is 2.44. The minimum absolute atomic E-state index is 0.153. The van der Waals surface area contributed by atoms with Gasteiger partial charge in [0.1, 0.15) is 0 Å². The van der Waals surface area contributed by atoms with E-state index >= 15 is 0 Å². The molecule has 7 nitrogen and oxygen atoms in total. The van der Waals surface area contributed by atoms with Crippen molar-refractivity contribution in [3.8, 4) is 11.1 Å². The maximum absolute atomic E-state index is 13.7. The molecule has 2 N–H and O–H groups in total. The number of nitrogens with one attached hydrogen (secondary N) is 2. The van der Waals surface area contributed by atoms with Gasteiger partial charge in [-0.05, 0) is 84.1 Å². The van der Waals surface area contributed by atoms with Crippen molar-refractivity contribution < 1.29 is 35.9 Å². The monoisotopic (exact) mass is 621 g/mol. The number of alkyl halides is 6. The summed E-state index contributed by atoms with van der Waals surface area (Å²) < 4.78 is 80.1. The molecule has 0 bridgehead atoms. The number of hydrogen-bond acceptors (Lipinski definition) is 7. The molecular weight excluding hydrogens is 596 g/mol. The van der Waals surface area contributed by atoms with E-state index in [1.165, 1.54) is 6.07 Å². The van der Waals surface area contributed by atoms with E-state index in [0.29, 0.717) is 55.4 Å². The van der Waals surface area contributed by atoms with Crippen molar-refractivity contribution in [2.24, 2.45) is 5.92 Å². The van der Waals surface area contributed by atoms with Crippen LogP contribution < -0.4 is 15.5 Å². The number of amides is 2. The summed E-state index contributed by atoms with van der Waals surface area (Å²) >= 11 is 0.817. The molecule has 43 heavy (non-hydrogen) atoms. The number of nitrogens with zero attached hydrogens (tertiary/aromatic N) is 3. The highest BCUT2D eigenvalue weighted by atomic mass is 32.2. The van der Waals surface area contributed by atoms with Crippen LogP contribution in [-0.4, -0.2) is 40.7 Å². The number of anilines is 1. The second-order valence-electron chi connectivity index (χ2n) is 10.2. The van der Waals surface area contributed by atoms with E-state index in [1.807, 2.05) is 4.90 Å². The van der Waals surface area contributed by atoms with Crippen LogP contribution in [0.15, 0.2) is 59.6 Å². The molecule has 2 amide bonds. The van der Waals surface area contributed by atoms with Crippen LogP contribution in [0.25, 0.3) is 17.2 Å². The molecule has 0 radical (unpaired) electrons. The Hall–Kier alpha value is -3.91. The lowest BCUT2D eigenvalue weighted by molar-refractivity contribution is -0.142. The Labute approximate surface area is 246 Å². The number of hydrogen-bond donors (Lipinski definition) is 2. The summed E-state index contributed by atoms with van der Waals surface area (Å²) in [6.07, 6.45) is -5.01. The second-order valence-corrected chi connectivity index (χ2v) is 11.2. The van der Waals surface area contributed by atoms with E-state index < -0.39 is 34.6 Å². The standard InChI is InChI=1S/C29H25F6N5O2S/c30-28(31,32)20-4-5-22(23(13-20)29(33,34)35)19-3-1-2-18(12-19)16-36-15-17-7-10-40(11-8-17)26-37-9-6-21(38-26)14-24-25(41)39-27(42)43-24/h1-6,9,12-14,17,36H,7-8,10-11,15-16H2,(H,39,41,42). The number of carbonyl (C=O) groups excluding carboxylic acids is 2. The molecule has 0 unspecified atom stereocenters. The number of halogens is 6. The molecule has 0 saturated carbocycles. The molecule has 2 saturated heterocycles. The van der Waals surface area contributed by atoms with Crippen molar-refractivity contribution in [1.82, 2.24) is 20.6 Å². The van der Waals surface area contributed by atoms with Gasteiger partial charge in [0.05, 0.1) is 21.7 Å². The number of imide groups is 1. The minimum atomic E-state index is -4.95. The summed E-state index contributed by atoms with van der Waals surface area (Å²) in [6, 6.07) is 9.67. The number of benzene rings is 2. The van der Waals surface area contributed by atoms with Gasteiger partial charge in [-0.2, -0.15) is 26.3 Å². The molecule has 1 aromatic heterocycles. The van der Waals surface area contributed by atoms with Gasteiger partial charge in [-0.25, -0.2) is 9.97 Å². The second kappa shape index (κ2) is 12.4. The highest BCUT2D eigenvalue weighted by Gasteiger charge is 2.38. The zero-order valence-corrected chi connectivity index (χ0v) is 23.2. The maximum atomic E-state index is 13.7. The normalized spacial score (nSPS) is 17.5. The molecule has 2 aromatic carbocycles. The van der Waals surface area contributed by atoms with E-state index in [1.54, 1.807) is 36.5 Å². The molecule has 2 fully saturated rings. The number of carbonyl (C=O) groups is 2. The van der Waals surface area contributed by atoms with Crippen LogP contribution in [0.3, 0.4) is 0 Å². The van der Waals surface area contributed by atoms with E-state index in [4.69, 9.17) is 0 Å². The molecule has 0 spiro atoms. The third kappa shape index (κ3) is 7.54. The zero-order chi connectivity index (χ0) is 30.8. The van der Waals surface area contributed by atoms with Crippen LogP contribution >= 0.6 is 11.8 Å². The molecular formula is C29H25F6N5O2S. The average molecular weight is 622 g/mol. The predicted molar refractivity (Wildman–Crippen MR) is 150 cm³/mol. The molecule has 0 atom stereocenters. The van der Waals surface area contributed by atoms with Crippen LogP contribution in [0.2, 0.25) is 0 Å². The van der Waals surface area contributed by atoms with Crippen molar-refractivity contribution >= 4 is 34.9 Å². The maximum Gasteiger partial charge on any atom is 0.417 e. The predicted octanol–water partition coefficient (Wildman–Crippen LogP) is 6.51. The third-order valence-electron chi connectivity index (χ3n) is 7.14. The van der Waals surface area contributed by atoms with Crippen LogP contribution in [0.4, 0.5) is 37.1 Å². The highest BCUT2D eigenvalue weighted by molar-refractivity contribution is 8.18. The van der Waals surface area contributed by atoms with E-state index in [2.05, 4.69) is 20.6 Å². The summed E-state index contributed by atoms with van der Waals surface area (Å²) in [5, 5.41) is 5.12. The fourth-order valence-corrected chi connectivity index (χ4v) is 5.63. The Morgan fingerprint density at radius 3 is 2.44 bits per heavy atom. The topological polar surface area (TPSA) is 87.2 Å². The Balaban J connectivity index is 1.16. The van der Waals surface area contributed by atoms with Gasteiger partial charge in [-0.1, -0.05) is 24.3 Å². The lowest BCUT2D eigenvalue weighted by atomic mass is 9.95. The lowest BCUT2D eigenvalue weighted by Crippen LogP contribution is -2.38. The van der Waals surface area contributed by atoms with Gasteiger partial charge in [0.15, 0.2) is 0 Å². The molecule has 2 aliphatic heterocycles. The first-order valence-corrected chi connectivity index (χ1v) is 14.1. The van der Waals surface area contributed by atoms with Crippen molar-refractivity contribution in [2.45, 2.75) is 31.7 Å². The van der Waals surface area contributed by atoms with Gasteiger partial charge in [-0.15, -0.1) is 0 Å². The summed E-state index contributed by atoms with van der Waals surface area (Å²) in [4.78, 5) is 34.3. The van der Waals surface area contributed by atoms with Gasteiger partial charge in [0, 0.05) is 25.8 Å². The molecule has 2 aliphatic rings. The third-order valence-corrected chi connectivity index (χ3v) is 7.95. The minimum Gasteiger partial charge on any atom is -0.341 e. The van der Waals surface area contributed by atoms with Gasteiger partial charge < -0.3 is 10.2 Å². The van der Waals surface area contributed by atoms with E-state index in [9.17, 15) is 35.9 Å². The molecule has 3 heterocycles. The van der Waals surface area contributed by atoms with Crippen LogP contribution in [0.1, 0.15) is 35.2 Å². The molecule has 3 aromatic rings. The smallest absolute Gasteiger partial charge is 0.341 e. The number of rotatable bonds is 7. The highest BCUT2D eigenvalue weighted by Crippen LogP contribution is 2.41. The van der Waals surface area contributed by atoms with Crippen LogP contribution in [0.5, 0.6) is 0 Å². The lowest BCUT2D eigenvalue weighted by Gasteiger charge is -2.32. The molecule has 0 aliphatic carbocycles. The zero-order valence-electron chi connectivity index (χ0n) is 22.4. The summed E-state index contributed by atoms with van der Waals surface area (Å²) in [5.41, 5.74) is -1.58. The van der Waals surface area contributed by atoms with Crippen molar-refractivity contribution in [3.05, 3.63) is 82.0 Å². The number of aromatic nitrogens is 2. The van der Waals surface area contributed by atoms with E-state index in [0.717, 1.165) is 30.7 Å². The molecule has 14 heteroatoms. The van der Waals surface area contributed by atoms with E-state index in [-0.39, 0.29) is 22.1 Å². The largest absolute Gasteiger partial charge is 0.417 e. The first kappa shape index (κ1) is 30.5. The fraction of sp³-hybridized carbons (Fsp3) is 0.310. The average Bonchev–Trinajstić information content (AvgIpc) is 3.28. The van der Waals surface area contributed by atoms with Gasteiger partial charge >= 0.3 is 12.4 Å². The van der Waals surface area contributed by atoms with Crippen molar-refractivity contribution in [3.63, 3.8) is 0 Å². The first-order chi connectivity index (χ1) is 20.4. The van der Waals surface area contributed by atoms with Gasteiger partial charge in [0.25, 0.3) is 11.1 Å². The van der Waals surface area contributed by atoms with Crippen molar-refractivity contribution in [1.29, 1.82) is 0 Å². The van der Waals surface area contributed by atoms with Gasteiger partial charge in [-0.3, -0.25) is 14.9 Å². The molecule has 226 valence electrons. The Morgan fingerprint density at radius 1 is 1.00 bits per heavy atom. The van der Waals surface area contributed by atoms with Crippen LogP contribution in [0, 0.1) is 5.92 Å². The summed E-state index contributed by atoms with van der Waals surface area (Å²) in [7, 11) is 0. The Kier molecular flexibility index (Phi) is 8.79.